The van der Waals surface area contributed by atoms with E-state index in [2.05, 4.69) is 4.98 Å². The molecule has 0 aliphatic carbocycles. The number of pyridine rings is 1. The monoisotopic (exact) mass is 201 g/mol. The Hall–Kier alpha value is -1.61. The third kappa shape index (κ3) is 1.67. The van der Waals surface area contributed by atoms with Gasteiger partial charge in [0.15, 0.2) is 0 Å². The Morgan fingerprint density at radius 2 is 2.21 bits per heavy atom. The molecule has 0 fully saturated rings. The molecule has 0 aromatic carbocycles. The van der Waals surface area contributed by atoms with E-state index in [9.17, 15) is 13.2 Å². The number of nitriles is 1. The van der Waals surface area contributed by atoms with E-state index in [0.717, 1.165) is 6.20 Å². The summed E-state index contributed by atoms with van der Waals surface area (Å²) in [6, 6.07) is 1.51. The van der Waals surface area contributed by atoms with Gasteiger partial charge >= 0.3 is 0 Å². The van der Waals surface area contributed by atoms with E-state index in [0.29, 0.717) is 0 Å². The lowest BCUT2D eigenvalue weighted by atomic mass is 10.1. The van der Waals surface area contributed by atoms with Crippen LogP contribution < -0.4 is 5.73 Å². The highest BCUT2D eigenvalue weighted by Crippen LogP contribution is 2.26. The second-order valence-corrected chi connectivity index (χ2v) is 2.47. The van der Waals surface area contributed by atoms with Gasteiger partial charge in [0.05, 0.1) is 5.56 Å². The average Bonchev–Trinajstić information content (AvgIpc) is 2.17. The van der Waals surface area contributed by atoms with Gasteiger partial charge in [0.2, 0.25) is 5.95 Å². The van der Waals surface area contributed by atoms with E-state index in [-0.39, 0.29) is 5.56 Å². The number of alkyl halides is 2. The molecular weight excluding hydrogens is 195 g/mol. The summed E-state index contributed by atoms with van der Waals surface area (Å²) in [7, 11) is 0. The van der Waals surface area contributed by atoms with Crippen molar-refractivity contribution in [2.45, 2.75) is 13.0 Å². The Bertz CT molecular complexity index is 384. The van der Waals surface area contributed by atoms with Crippen LogP contribution in [-0.2, 0) is 6.54 Å². The van der Waals surface area contributed by atoms with Gasteiger partial charge in [0.25, 0.3) is 6.43 Å². The van der Waals surface area contributed by atoms with Gasteiger partial charge in [0.1, 0.15) is 6.07 Å². The first-order valence-corrected chi connectivity index (χ1v) is 3.67. The summed E-state index contributed by atoms with van der Waals surface area (Å²) in [4.78, 5) is 3.16. The molecule has 74 valence electrons. The maximum absolute atomic E-state index is 12.9. The number of hydrogen-bond donors (Lipinski definition) is 1. The topological polar surface area (TPSA) is 62.7 Å². The fourth-order valence-corrected chi connectivity index (χ4v) is 1.07. The number of aromatic nitrogens is 1. The first-order valence-electron chi connectivity index (χ1n) is 3.67. The average molecular weight is 201 g/mol. The standard InChI is InChI=1S/C8H6F3N3/c9-7(10)6-4(1-12)3-14-8(11)5(6)2-13/h3,7H,2,13H2. The normalized spacial score (nSPS) is 10.3. The van der Waals surface area contributed by atoms with E-state index in [4.69, 9.17) is 11.0 Å². The lowest BCUT2D eigenvalue weighted by Gasteiger charge is -2.08. The smallest absolute Gasteiger partial charge is 0.265 e. The van der Waals surface area contributed by atoms with Crippen molar-refractivity contribution in [3.05, 3.63) is 28.8 Å². The minimum Gasteiger partial charge on any atom is -0.326 e. The first-order chi connectivity index (χ1) is 6.61. The molecule has 0 aliphatic rings. The quantitative estimate of drug-likeness (QED) is 0.737. The van der Waals surface area contributed by atoms with Crippen molar-refractivity contribution in [3.63, 3.8) is 0 Å². The fourth-order valence-electron chi connectivity index (χ4n) is 1.07. The maximum Gasteiger partial charge on any atom is 0.265 e. The van der Waals surface area contributed by atoms with E-state index in [1.54, 1.807) is 0 Å². The van der Waals surface area contributed by atoms with Crippen molar-refractivity contribution in [2.75, 3.05) is 0 Å². The van der Waals surface area contributed by atoms with Crippen LogP contribution in [0, 0.1) is 17.3 Å². The summed E-state index contributed by atoms with van der Waals surface area (Å²) in [6.45, 7) is -0.409. The second-order valence-electron chi connectivity index (χ2n) is 2.47. The minimum atomic E-state index is -2.93. The van der Waals surface area contributed by atoms with Gasteiger partial charge in [-0.1, -0.05) is 0 Å². The number of nitrogens with two attached hydrogens (primary N) is 1. The Kier molecular flexibility index (Phi) is 3.04. The van der Waals surface area contributed by atoms with E-state index in [1.165, 1.54) is 6.07 Å². The van der Waals surface area contributed by atoms with Gasteiger partial charge in [-0.15, -0.1) is 0 Å². The molecule has 2 N–H and O–H groups in total. The summed E-state index contributed by atoms with van der Waals surface area (Å²) in [5.41, 5.74) is 3.68. The molecular formula is C8H6F3N3. The van der Waals surface area contributed by atoms with Gasteiger partial charge in [0, 0.05) is 23.9 Å². The van der Waals surface area contributed by atoms with Crippen molar-refractivity contribution < 1.29 is 13.2 Å². The summed E-state index contributed by atoms with van der Waals surface area (Å²) < 4.78 is 37.8. The molecule has 0 saturated heterocycles. The molecule has 1 aromatic heterocycles. The molecule has 0 radical (unpaired) electrons. The zero-order valence-corrected chi connectivity index (χ0v) is 6.97. The van der Waals surface area contributed by atoms with Crippen molar-refractivity contribution in [3.8, 4) is 6.07 Å². The Balaban J connectivity index is 3.46. The van der Waals surface area contributed by atoms with Crippen LogP contribution in [0.15, 0.2) is 6.20 Å². The fraction of sp³-hybridized carbons (Fsp3) is 0.250. The maximum atomic E-state index is 12.9. The minimum absolute atomic E-state index is 0.346. The third-order valence-electron chi connectivity index (χ3n) is 1.71. The lowest BCUT2D eigenvalue weighted by molar-refractivity contribution is 0.149. The molecule has 0 aliphatic heterocycles. The van der Waals surface area contributed by atoms with Crippen molar-refractivity contribution in [1.29, 1.82) is 5.26 Å². The van der Waals surface area contributed by atoms with Crippen LogP contribution in [0.25, 0.3) is 0 Å². The second kappa shape index (κ2) is 4.07. The highest BCUT2D eigenvalue weighted by atomic mass is 19.3. The van der Waals surface area contributed by atoms with Crippen LogP contribution in [-0.4, -0.2) is 4.98 Å². The predicted octanol–water partition coefficient (Wildman–Crippen LogP) is 1.49. The summed E-state index contributed by atoms with van der Waals surface area (Å²) in [6.07, 6.45) is -2.16. The zero-order valence-electron chi connectivity index (χ0n) is 6.97. The van der Waals surface area contributed by atoms with Crippen LogP contribution in [0.2, 0.25) is 0 Å². The van der Waals surface area contributed by atoms with Crippen molar-refractivity contribution in [2.24, 2.45) is 5.73 Å². The van der Waals surface area contributed by atoms with Gasteiger partial charge < -0.3 is 5.73 Å². The molecule has 0 bridgehead atoms. The zero-order chi connectivity index (χ0) is 10.7. The Morgan fingerprint density at radius 1 is 1.57 bits per heavy atom. The Morgan fingerprint density at radius 3 is 2.64 bits per heavy atom. The van der Waals surface area contributed by atoms with E-state index in [1.807, 2.05) is 0 Å². The molecule has 0 saturated carbocycles. The van der Waals surface area contributed by atoms with Gasteiger partial charge in [-0.25, -0.2) is 13.8 Å². The van der Waals surface area contributed by atoms with E-state index < -0.39 is 30.0 Å². The molecule has 1 rings (SSSR count). The van der Waals surface area contributed by atoms with Gasteiger partial charge in [-0.2, -0.15) is 9.65 Å². The van der Waals surface area contributed by atoms with Crippen LogP contribution in [0.1, 0.15) is 23.1 Å². The van der Waals surface area contributed by atoms with Gasteiger partial charge in [-0.3, -0.25) is 0 Å². The van der Waals surface area contributed by atoms with Gasteiger partial charge in [-0.05, 0) is 0 Å². The Labute approximate surface area is 78.0 Å². The number of rotatable bonds is 2. The van der Waals surface area contributed by atoms with Crippen LogP contribution in [0.3, 0.4) is 0 Å². The molecule has 1 aromatic rings. The largest absolute Gasteiger partial charge is 0.326 e. The molecule has 0 unspecified atom stereocenters. The highest BCUT2D eigenvalue weighted by molar-refractivity contribution is 5.41. The summed E-state index contributed by atoms with van der Waals surface area (Å²) in [5, 5.41) is 8.49. The first kappa shape index (κ1) is 10.5. The predicted molar refractivity (Wildman–Crippen MR) is 41.8 cm³/mol. The number of halogens is 3. The van der Waals surface area contributed by atoms with Crippen LogP contribution >= 0.6 is 0 Å². The molecule has 3 nitrogen and oxygen atoms in total. The lowest BCUT2D eigenvalue weighted by Crippen LogP contribution is -2.09. The highest BCUT2D eigenvalue weighted by Gasteiger charge is 2.21. The summed E-state index contributed by atoms with van der Waals surface area (Å²) >= 11 is 0. The molecule has 1 heterocycles. The molecule has 0 atom stereocenters. The molecule has 6 heteroatoms. The van der Waals surface area contributed by atoms with E-state index >= 15 is 0 Å². The number of nitrogens with zero attached hydrogens (tertiary/aromatic N) is 2. The van der Waals surface area contributed by atoms with Crippen molar-refractivity contribution in [1.82, 2.24) is 4.98 Å². The molecule has 0 amide bonds. The SMILES string of the molecule is N#Cc1cnc(F)c(CN)c1C(F)F. The van der Waals surface area contributed by atoms with Crippen molar-refractivity contribution >= 4 is 0 Å². The number of hydrogen-bond acceptors (Lipinski definition) is 3. The molecule has 0 spiro atoms. The van der Waals surface area contributed by atoms with Crippen LogP contribution in [0.4, 0.5) is 13.2 Å². The summed E-state index contributed by atoms with van der Waals surface area (Å²) in [5.74, 6) is -1.05. The molecule has 14 heavy (non-hydrogen) atoms. The van der Waals surface area contributed by atoms with Crippen LogP contribution in [0.5, 0.6) is 0 Å². The third-order valence-corrected chi connectivity index (χ3v) is 1.71.